The Labute approximate surface area is 254 Å². The largest absolute Gasteiger partial charge is 0.494 e. The summed E-state index contributed by atoms with van der Waals surface area (Å²) < 4.78 is 30.5. The number of esters is 1. The van der Waals surface area contributed by atoms with E-state index in [4.69, 9.17) is 14.2 Å². The average Bonchev–Trinajstić information content (AvgIpc) is 3.47. The predicted octanol–water partition coefficient (Wildman–Crippen LogP) is 7.59. The Bertz CT molecular complexity index is 1680. The van der Waals surface area contributed by atoms with Gasteiger partial charge in [-0.1, -0.05) is 49.4 Å². The average molecular weight is 598 g/mol. The van der Waals surface area contributed by atoms with Gasteiger partial charge in [0, 0.05) is 11.1 Å². The third kappa shape index (κ3) is 7.78. The summed E-state index contributed by atoms with van der Waals surface area (Å²) in [5, 5.41) is 3.80. The number of benzene rings is 4. The lowest BCUT2D eigenvalue weighted by Gasteiger charge is -2.16. The molecule has 43 heavy (non-hydrogen) atoms. The summed E-state index contributed by atoms with van der Waals surface area (Å²) in [6.45, 7) is 3.06. The van der Waals surface area contributed by atoms with E-state index in [1.807, 2.05) is 54.6 Å². The van der Waals surface area contributed by atoms with Gasteiger partial charge < -0.3 is 19.5 Å². The molecule has 1 heterocycles. The van der Waals surface area contributed by atoms with E-state index in [0.29, 0.717) is 23.8 Å². The molecular weight excluding hydrogens is 565 g/mol. The number of amides is 1. The van der Waals surface area contributed by atoms with Gasteiger partial charge in [0.15, 0.2) is 0 Å². The van der Waals surface area contributed by atoms with Crippen molar-refractivity contribution >= 4 is 33.3 Å². The molecule has 8 heteroatoms. The fraction of sp³-hybridized carbons (Fsp3) is 0.200. The van der Waals surface area contributed by atoms with E-state index in [-0.39, 0.29) is 18.1 Å². The molecule has 5 aromatic rings. The van der Waals surface area contributed by atoms with Crippen LogP contribution in [0.1, 0.15) is 34.1 Å². The first kappa shape index (κ1) is 29.8. The Morgan fingerprint density at radius 3 is 2.16 bits per heavy atom. The molecule has 0 aliphatic carbocycles. The number of nitrogens with one attached hydrogen (secondary N) is 1. The van der Waals surface area contributed by atoms with Crippen LogP contribution in [0.25, 0.3) is 21.2 Å². The van der Waals surface area contributed by atoms with Gasteiger partial charge in [-0.05, 0) is 88.7 Å². The Morgan fingerprint density at radius 1 is 0.814 bits per heavy atom. The first-order valence-corrected chi connectivity index (χ1v) is 14.8. The van der Waals surface area contributed by atoms with Gasteiger partial charge in [0.2, 0.25) is 0 Å². The van der Waals surface area contributed by atoms with Gasteiger partial charge in [0.25, 0.3) is 5.91 Å². The van der Waals surface area contributed by atoms with Crippen LogP contribution >= 0.6 is 11.3 Å². The molecule has 220 valence electrons. The highest BCUT2D eigenvalue weighted by Crippen LogP contribution is 2.31. The molecule has 0 bridgehead atoms. The van der Waals surface area contributed by atoms with E-state index >= 15 is 0 Å². The van der Waals surface area contributed by atoms with Crippen molar-refractivity contribution in [2.45, 2.75) is 32.4 Å². The summed E-state index contributed by atoms with van der Waals surface area (Å²) in [7, 11) is 1.30. The van der Waals surface area contributed by atoms with Crippen molar-refractivity contribution in [3.63, 3.8) is 0 Å². The molecule has 0 saturated heterocycles. The number of fused-ring (bicyclic) bond motifs is 1. The van der Waals surface area contributed by atoms with Crippen LogP contribution in [0.4, 0.5) is 4.39 Å². The molecule has 1 N–H and O–H groups in total. The van der Waals surface area contributed by atoms with Crippen LogP contribution in [0.15, 0.2) is 97.1 Å². The first-order valence-electron chi connectivity index (χ1n) is 14.0. The van der Waals surface area contributed by atoms with Crippen LogP contribution in [0.5, 0.6) is 11.5 Å². The molecule has 0 saturated carbocycles. The molecule has 0 aliphatic heterocycles. The van der Waals surface area contributed by atoms with E-state index in [1.165, 1.54) is 30.6 Å². The second kappa shape index (κ2) is 14.0. The van der Waals surface area contributed by atoms with E-state index in [1.54, 1.807) is 24.3 Å². The SMILES string of the molecule is CCCOc1ccc(-c2ccc3sc(C(=O)NC(Cc4ccc(OCc5ccc(F)cc5)cc4)C(=O)OC)cc3c2)cc1. The van der Waals surface area contributed by atoms with Gasteiger partial charge in [-0.15, -0.1) is 11.3 Å². The van der Waals surface area contributed by atoms with Crippen LogP contribution in [-0.2, 0) is 22.6 Å². The van der Waals surface area contributed by atoms with E-state index in [2.05, 4.69) is 18.3 Å². The summed E-state index contributed by atoms with van der Waals surface area (Å²) in [6.07, 6.45) is 1.21. The zero-order valence-electron chi connectivity index (χ0n) is 24.0. The van der Waals surface area contributed by atoms with Gasteiger partial charge >= 0.3 is 5.97 Å². The Morgan fingerprint density at radius 2 is 1.47 bits per heavy atom. The monoisotopic (exact) mass is 597 g/mol. The standard InChI is InChI=1S/C35H32FNO5S/c1-3-18-41-29-15-8-25(9-16-29)26-10-17-32-27(20-26)21-33(43-32)34(38)37-31(35(39)40-2)19-23-6-13-30(14-7-23)42-22-24-4-11-28(36)12-5-24/h4-17,20-21,31H,3,18-19,22H2,1-2H3,(H,37,38). The Balaban J connectivity index is 1.23. The van der Waals surface area contributed by atoms with Crippen molar-refractivity contribution in [3.05, 3.63) is 119 Å². The molecule has 0 aliphatic rings. The fourth-order valence-electron chi connectivity index (χ4n) is 4.57. The van der Waals surface area contributed by atoms with E-state index in [9.17, 15) is 14.0 Å². The summed E-state index contributed by atoms with van der Waals surface area (Å²) >= 11 is 1.37. The lowest BCUT2D eigenvalue weighted by Crippen LogP contribution is -2.42. The maximum Gasteiger partial charge on any atom is 0.328 e. The van der Waals surface area contributed by atoms with Gasteiger partial charge in [-0.25, -0.2) is 9.18 Å². The third-order valence-corrected chi connectivity index (χ3v) is 7.99. The van der Waals surface area contributed by atoms with Crippen molar-refractivity contribution < 1.29 is 28.2 Å². The molecule has 0 fully saturated rings. The number of thiophene rings is 1. The summed E-state index contributed by atoms with van der Waals surface area (Å²) in [5.41, 5.74) is 3.78. The van der Waals surface area contributed by atoms with Gasteiger partial charge in [0.1, 0.15) is 30.0 Å². The normalized spacial score (nSPS) is 11.6. The Kier molecular flexibility index (Phi) is 9.69. The highest BCUT2D eigenvalue weighted by atomic mass is 32.1. The highest BCUT2D eigenvalue weighted by Gasteiger charge is 2.24. The highest BCUT2D eigenvalue weighted by molar-refractivity contribution is 7.20. The third-order valence-electron chi connectivity index (χ3n) is 6.87. The molecule has 0 radical (unpaired) electrons. The van der Waals surface area contributed by atoms with Crippen molar-refractivity contribution in [2.75, 3.05) is 13.7 Å². The number of rotatable bonds is 12. The number of hydrogen-bond donors (Lipinski definition) is 1. The number of hydrogen-bond acceptors (Lipinski definition) is 6. The number of halogens is 1. The molecule has 6 nitrogen and oxygen atoms in total. The number of ether oxygens (including phenoxy) is 3. The number of carbonyl (C=O) groups is 2. The molecule has 0 spiro atoms. The van der Waals surface area contributed by atoms with Crippen molar-refractivity contribution in [3.8, 4) is 22.6 Å². The number of methoxy groups -OCH3 is 1. The van der Waals surface area contributed by atoms with E-state index < -0.39 is 12.0 Å². The fourth-order valence-corrected chi connectivity index (χ4v) is 5.51. The number of carbonyl (C=O) groups excluding carboxylic acids is 2. The smallest absolute Gasteiger partial charge is 0.328 e. The molecule has 1 amide bonds. The second-order valence-electron chi connectivity index (χ2n) is 10.0. The maximum absolute atomic E-state index is 13.2. The molecular formula is C35H32FNO5S. The second-order valence-corrected chi connectivity index (χ2v) is 11.1. The molecule has 1 aromatic heterocycles. The minimum atomic E-state index is -0.863. The predicted molar refractivity (Wildman–Crippen MR) is 167 cm³/mol. The van der Waals surface area contributed by atoms with Crippen LogP contribution in [0.2, 0.25) is 0 Å². The summed E-state index contributed by atoms with van der Waals surface area (Å²) in [4.78, 5) is 26.3. The minimum Gasteiger partial charge on any atom is -0.494 e. The zero-order chi connectivity index (χ0) is 30.2. The lowest BCUT2D eigenvalue weighted by atomic mass is 10.0. The van der Waals surface area contributed by atoms with Crippen LogP contribution in [0, 0.1) is 5.82 Å². The zero-order valence-corrected chi connectivity index (χ0v) is 24.8. The van der Waals surface area contributed by atoms with Gasteiger partial charge in [-0.3, -0.25) is 4.79 Å². The Hall–Kier alpha value is -4.69. The van der Waals surface area contributed by atoms with Crippen molar-refractivity contribution in [2.24, 2.45) is 0 Å². The summed E-state index contributed by atoms with van der Waals surface area (Å²) in [5.74, 6) is 0.316. The van der Waals surface area contributed by atoms with Crippen molar-refractivity contribution in [1.29, 1.82) is 0 Å². The molecule has 1 atom stereocenters. The van der Waals surface area contributed by atoms with Crippen molar-refractivity contribution in [1.82, 2.24) is 5.32 Å². The van der Waals surface area contributed by atoms with Crippen LogP contribution < -0.4 is 14.8 Å². The molecule has 4 aromatic carbocycles. The lowest BCUT2D eigenvalue weighted by molar-refractivity contribution is -0.142. The minimum absolute atomic E-state index is 0.254. The van der Waals surface area contributed by atoms with Crippen LogP contribution in [0.3, 0.4) is 0 Å². The van der Waals surface area contributed by atoms with E-state index in [0.717, 1.165) is 44.5 Å². The first-order chi connectivity index (χ1) is 20.9. The van der Waals surface area contributed by atoms with Crippen LogP contribution in [-0.4, -0.2) is 31.6 Å². The molecule has 1 unspecified atom stereocenters. The topological polar surface area (TPSA) is 73.9 Å². The summed E-state index contributed by atoms with van der Waals surface area (Å²) in [6, 6.07) is 28.5. The maximum atomic E-state index is 13.2. The molecule has 5 rings (SSSR count). The quantitative estimate of drug-likeness (QED) is 0.150. The van der Waals surface area contributed by atoms with Gasteiger partial charge in [0.05, 0.1) is 18.6 Å². The van der Waals surface area contributed by atoms with Gasteiger partial charge in [-0.2, -0.15) is 0 Å².